The van der Waals surface area contributed by atoms with Crippen molar-refractivity contribution in [3.8, 4) is 0 Å². The molecule has 0 radical (unpaired) electrons. The van der Waals surface area contributed by atoms with Gasteiger partial charge in [-0.05, 0) is 83.2 Å². The second-order valence-electron chi connectivity index (χ2n) is 10.9. The molecule has 2 unspecified atom stereocenters. The van der Waals surface area contributed by atoms with E-state index in [1.54, 1.807) is 24.1 Å². The van der Waals surface area contributed by atoms with Gasteiger partial charge in [-0.3, -0.25) is 0 Å². The number of methoxy groups -OCH3 is 1. The molecule has 2 amide bonds. The van der Waals surface area contributed by atoms with Gasteiger partial charge >= 0.3 is 6.03 Å². The van der Waals surface area contributed by atoms with Crippen molar-refractivity contribution in [1.82, 2.24) is 15.5 Å². The molecule has 210 valence electrons. The molecule has 9 heteroatoms. The maximum absolute atomic E-state index is 15.2. The number of aliphatic hydroxyl groups is 2. The van der Waals surface area contributed by atoms with Crippen molar-refractivity contribution < 1.29 is 24.1 Å². The molecule has 7 nitrogen and oxygen atoms in total. The fraction of sp³-hybridized carbons (Fsp3) is 0.750. The molecule has 2 aliphatic rings. The van der Waals surface area contributed by atoms with E-state index in [4.69, 9.17) is 16.3 Å². The van der Waals surface area contributed by atoms with E-state index in [1.165, 1.54) is 6.07 Å². The molecule has 4 N–H and O–H groups in total. The number of benzene rings is 1. The minimum Gasteiger partial charge on any atom is -0.393 e. The lowest BCUT2D eigenvalue weighted by molar-refractivity contribution is -0.0587. The fourth-order valence-corrected chi connectivity index (χ4v) is 6.25. The number of hydrogen-bond acceptors (Lipinski definition) is 5. The largest absolute Gasteiger partial charge is 0.393 e. The van der Waals surface area contributed by atoms with Crippen LogP contribution >= 0.6 is 11.6 Å². The van der Waals surface area contributed by atoms with Crippen LogP contribution in [0.5, 0.6) is 0 Å². The Labute approximate surface area is 226 Å². The van der Waals surface area contributed by atoms with Crippen molar-refractivity contribution in [3.63, 3.8) is 0 Å². The van der Waals surface area contributed by atoms with Gasteiger partial charge in [0, 0.05) is 50.9 Å². The predicted molar refractivity (Wildman–Crippen MR) is 144 cm³/mol. The molecular weight excluding hydrogens is 497 g/mol. The second-order valence-corrected chi connectivity index (χ2v) is 11.3. The highest BCUT2D eigenvalue weighted by Gasteiger charge is 2.43. The number of carbonyl (C=O) groups is 1. The van der Waals surface area contributed by atoms with Crippen molar-refractivity contribution in [2.45, 2.75) is 82.0 Å². The first-order chi connectivity index (χ1) is 17.8. The summed E-state index contributed by atoms with van der Waals surface area (Å²) in [6.45, 7) is 2.18. The summed E-state index contributed by atoms with van der Waals surface area (Å²) in [5.74, 6) is -0.420. The maximum Gasteiger partial charge on any atom is 0.317 e. The second kappa shape index (κ2) is 14.6. The van der Waals surface area contributed by atoms with Crippen molar-refractivity contribution in [3.05, 3.63) is 34.6 Å². The number of aliphatic hydroxyl groups excluding tert-OH is 1. The Morgan fingerprint density at radius 2 is 2.03 bits per heavy atom. The summed E-state index contributed by atoms with van der Waals surface area (Å²) in [5.41, 5.74) is -1.23. The van der Waals surface area contributed by atoms with E-state index in [0.29, 0.717) is 51.4 Å². The molecule has 1 aromatic rings. The minimum atomic E-state index is -1.44. The normalized spacial score (nSPS) is 24.9. The standard InChI is InChI=1S/C28H45ClFN3O4/c1-31-18-22(17-20-10-12-23(34)13-11-20)32-27(35)33-15-6-7-21(19-33)28(36,14-3-4-16-37-2)24-8-5-9-25(29)26(24)30/h5,8-9,20-23,31,34,36H,3-4,6-7,10-19H2,1-2H3,(H,32,35)/t20?,21?,22?,23?,28-/m0/s1. The molecule has 1 aromatic carbocycles. The van der Waals surface area contributed by atoms with Gasteiger partial charge in [-0.25, -0.2) is 9.18 Å². The first kappa shape index (κ1) is 30.1. The lowest BCUT2D eigenvalue weighted by Gasteiger charge is -2.43. The lowest BCUT2D eigenvalue weighted by atomic mass is 9.74. The van der Waals surface area contributed by atoms with Gasteiger partial charge in [-0.2, -0.15) is 0 Å². The SMILES string of the molecule is CNCC(CC1CCC(O)CC1)NC(=O)N1CCCC([C@@](O)(CCCCOC)c2cccc(Cl)c2F)C1. The smallest absolute Gasteiger partial charge is 0.317 e. The molecule has 3 atom stereocenters. The number of amides is 2. The molecule has 1 aliphatic heterocycles. The van der Waals surface area contributed by atoms with Crippen LogP contribution in [0, 0.1) is 17.7 Å². The Kier molecular flexibility index (Phi) is 11.9. The molecule has 1 saturated heterocycles. The van der Waals surface area contributed by atoms with E-state index in [9.17, 15) is 15.0 Å². The highest BCUT2D eigenvalue weighted by molar-refractivity contribution is 6.30. The summed E-state index contributed by atoms with van der Waals surface area (Å²) in [7, 11) is 3.52. The van der Waals surface area contributed by atoms with Gasteiger partial charge in [0.05, 0.1) is 16.7 Å². The molecule has 0 bridgehead atoms. The summed E-state index contributed by atoms with van der Waals surface area (Å²) in [6, 6.07) is 4.60. The number of carbonyl (C=O) groups excluding carboxylic acids is 1. The number of piperidine rings is 1. The zero-order chi connectivity index (χ0) is 26.8. The maximum atomic E-state index is 15.2. The van der Waals surface area contributed by atoms with Gasteiger partial charge < -0.3 is 30.5 Å². The van der Waals surface area contributed by atoms with Crippen LogP contribution in [-0.4, -0.2) is 73.7 Å². The molecule has 0 aromatic heterocycles. The highest BCUT2D eigenvalue weighted by atomic mass is 35.5. The van der Waals surface area contributed by atoms with E-state index in [-0.39, 0.29) is 34.7 Å². The third-order valence-electron chi connectivity index (χ3n) is 8.17. The number of nitrogens with one attached hydrogen (secondary N) is 2. The summed E-state index contributed by atoms with van der Waals surface area (Å²) in [4.78, 5) is 15.1. The summed E-state index contributed by atoms with van der Waals surface area (Å²) < 4.78 is 20.3. The van der Waals surface area contributed by atoms with Crippen molar-refractivity contribution in [2.24, 2.45) is 11.8 Å². The first-order valence-electron chi connectivity index (χ1n) is 13.8. The van der Waals surface area contributed by atoms with Crippen LogP contribution < -0.4 is 10.6 Å². The number of ether oxygens (including phenoxy) is 1. The van der Waals surface area contributed by atoms with E-state index in [2.05, 4.69) is 10.6 Å². The number of urea groups is 1. The van der Waals surface area contributed by atoms with Crippen LogP contribution in [0.3, 0.4) is 0 Å². The zero-order valence-corrected chi connectivity index (χ0v) is 23.1. The Bertz CT molecular complexity index is 855. The van der Waals surface area contributed by atoms with E-state index >= 15 is 4.39 Å². The molecule has 0 spiro atoms. The molecule has 1 aliphatic carbocycles. The molecule has 37 heavy (non-hydrogen) atoms. The number of unbranched alkanes of at least 4 members (excludes halogenated alkanes) is 1. The average Bonchev–Trinajstić information content (AvgIpc) is 2.89. The number of rotatable bonds is 12. The molecule has 3 rings (SSSR count). The predicted octanol–water partition coefficient (Wildman–Crippen LogP) is 4.43. The van der Waals surface area contributed by atoms with Crippen LogP contribution in [0.25, 0.3) is 0 Å². The van der Waals surface area contributed by atoms with Gasteiger partial charge in [-0.1, -0.05) is 23.7 Å². The molecule has 1 saturated carbocycles. The lowest BCUT2D eigenvalue weighted by Crippen LogP contribution is -2.54. The van der Waals surface area contributed by atoms with Crippen molar-refractivity contribution >= 4 is 17.6 Å². The number of hydrogen-bond donors (Lipinski definition) is 4. The van der Waals surface area contributed by atoms with Gasteiger partial charge in [0.25, 0.3) is 0 Å². The Balaban J connectivity index is 1.70. The molecule has 2 fully saturated rings. The Hall–Kier alpha value is -1.45. The van der Waals surface area contributed by atoms with Crippen molar-refractivity contribution in [1.29, 1.82) is 0 Å². The van der Waals surface area contributed by atoms with Gasteiger partial charge in [0.1, 0.15) is 5.82 Å². The van der Waals surface area contributed by atoms with Crippen LogP contribution in [-0.2, 0) is 10.3 Å². The fourth-order valence-electron chi connectivity index (χ4n) is 6.08. The van der Waals surface area contributed by atoms with Gasteiger partial charge in [0.2, 0.25) is 0 Å². The topological polar surface area (TPSA) is 94.1 Å². The number of likely N-dealkylation sites (tertiary alicyclic amines) is 1. The Morgan fingerprint density at radius 1 is 1.27 bits per heavy atom. The van der Waals surface area contributed by atoms with Crippen LogP contribution in [0.15, 0.2) is 18.2 Å². The molecule has 1 heterocycles. The number of nitrogens with zero attached hydrogens (tertiary/aromatic N) is 1. The van der Waals surface area contributed by atoms with Crippen LogP contribution in [0.4, 0.5) is 9.18 Å². The monoisotopic (exact) mass is 541 g/mol. The highest BCUT2D eigenvalue weighted by Crippen LogP contribution is 2.42. The zero-order valence-electron chi connectivity index (χ0n) is 22.4. The van der Waals surface area contributed by atoms with Crippen LogP contribution in [0.2, 0.25) is 5.02 Å². The summed E-state index contributed by atoms with van der Waals surface area (Å²) in [6.07, 6.45) is 7.48. The third kappa shape index (κ3) is 8.27. The van der Waals surface area contributed by atoms with Crippen LogP contribution in [0.1, 0.15) is 69.8 Å². The average molecular weight is 542 g/mol. The summed E-state index contributed by atoms with van der Waals surface area (Å²) in [5, 5.41) is 28.2. The quantitative estimate of drug-likeness (QED) is 0.294. The molecular formula is C28H45ClFN3O4. The third-order valence-corrected chi connectivity index (χ3v) is 8.46. The van der Waals surface area contributed by atoms with Crippen molar-refractivity contribution in [2.75, 3.05) is 40.4 Å². The minimum absolute atomic E-state index is 0.0108. The summed E-state index contributed by atoms with van der Waals surface area (Å²) >= 11 is 6.10. The van der Waals surface area contributed by atoms with Gasteiger partial charge in [-0.15, -0.1) is 0 Å². The first-order valence-corrected chi connectivity index (χ1v) is 14.2. The van der Waals surface area contributed by atoms with E-state index in [1.807, 2.05) is 7.05 Å². The number of likely N-dealkylation sites (N-methyl/N-ethyl adjacent to an activating group) is 1. The number of halogens is 2. The van der Waals surface area contributed by atoms with Gasteiger partial charge in [0.15, 0.2) is 0 Å². The van der Waals surface area contributed by atoms with E-state index in [0.717, 1.165) is 44.9 Å². The Morgan fingerprint density at radius 3 is 2.73 bits per heavy atom. The van der Waals surface area contributed by atoms with E-state index < -0.39 is 11.4 Å².